The summed E-state index contributed by atoms with van der Waals surface area (Å²) in [6.07, 6.45) is 0. The zero-order valence-corrected chi connectivity index (χ0v) is 9.28. The van der Waals surface area contributed by atoms with Crippen LogP contribution in [0, 0.1) is 0 Å². The number of para-hydroxylation sites is 1. The van der Waals surface area contributed by atoms with E-state index in [1.54, 1.807) is 6.92 Å². The van der Waals surface area contributed by atoms with Crippen LogP contribution in [0.3, 0.4) is 0 Å². The van der Waals surface area contributed by atoms with Crippen molar-refractivity contribution in [1.29, 1.82) is 0 Å². The van der Waals surface area contributed by atoms with E-state index in [1.165, 1.54) is 0 Å². The van der Waals surface area contributed by atoms with Gasteiger partial charge in [-0.1, -0.05) is 18.2 Å². The molecule has 3 nitrogen and oxygen atoms in total. The maximum absolute atomic E-state index is 11.1. The number of carbonyl (C=O) groups excluding carboxylic acids is 1. The highest BCUT2D eigenvalue weighted by Crippen LogP contribution is 2.25. The maximum Gasteiger partial charge on any atom is 0.244 e. The molecule has 0 aliphatic heterocycles. The van der Waals surface area contributed by atoms with Crippen LogP contribution >= 0.6 is 0 Å². The molecule has 0 fully saturated rings. The zero-order valence-electron chi connectivity index (χ0n) is 9.28. The fraction of sp³-hybridized carbons (Fsp3) is 0.154. The van der Waals surface area contributed by atoms with Crippen molar-refractivity contribution in [2.24, 2.45) is 5.73 Å². The fourth-order valence-electron chi connectivity index (χ4n) is 1.54. The summed E-state index contributed by atoms with van der Waals surface area (Å²) in [5.74, 6) is 0.274. The number of carbonyl (C=O) groups is 1. The van der Waals surface area contributed by atoms with Gasteiger partial charge in [-0.3, -0.25) is 4.79 Å². The van der Waals surface area contributed by atoms with Gasteiger partial charge in [0, 0.05) is 16.5 Å². The van der Waals surface area contributed by atoms with Gasteiger partial charge in [-0.25, -0.2) is 0 Å². The van der Waals surface area contributed by atoms with Gasteiger partial charge in [-0.05, 0) is 26.0 Å². The lowest BCUT2D eigenvalue weighted by molar-refractivity contribution is -0.114. The molecule has 1 aromatic carbocycles. The average Bonchev–Trinajstić information content (AvgIpc) is 2.70. The fourth-order valence-corrected chi connectivity index (χ4v) is 1.54. The van der Waals surface area contributed by atoms with E-state index in [0.717, 1.165) is 16.5 Å². The highest BCUT2D eigenvalue weighted by Gasteiger charge is 2.10. The average molecular weight is 215 g/mol. The molecule has 0 aliphatic rings. The first-order valence-electron chi connectivity index (χ1n) is 5.06. The molecule has 82 valence electrons. The molecule has 0 saturated carbocycles. The van der Waals surface area contributed by atoms with Gasteiger partial charge >= 0.3 is 0 Å². The Kier molecular flexibility index (Phi) is 2.52. The van der Waals surface area contributed by atoms with Crippen molar-refractivity contribution >= 4 is 22.4 Å². The van der Waals surface area contributed by atoms with E-state index in [1.807, 2.05) is 37.3 Å². The number of amides is 1. The molecule has 1 amide bonds. The number of allylic oxidation sites excluding steroid dienone is 1. The van der Waals surface area contributed by atoms with Gasteiger partial charge in [0.25, 0.3) is 0 Å². The van der Waals surface area contributed by atoms with Gasteiger partial charge in [0.15, 0.2) is 0 Å². The van der Waals surface area contributed by atoms with Gasteiger partial charge in [0.2, 0.25) is 5.91 Å². The minimum atomic E-state index is -0.419. The summed E-state index contributed by atoms with van der Waals surface area (Å²) < 4.78 is 5.64. The summed E-state index contributed by atoms with van der Waals surface area (Å²) in [4.78, 5) is 11.1. The van der Waals surface area contributed by atoms with E-state index in [-0.39, 0.29) is 0 Å². The number of rotatable bonds is 2. The van der Waals surface area contributed by atoms with Crippen LogP contribution in [0.4, 0.5) is 0 Å². The van der Waals surface area contributed by atoms with E-state index >= 15 is 0 Å². The molecule has 1 heterocycles. The molecule has 2 N–H and O–H groups in total. The molecule has 0 radical (unpaired) electrons. The molecule has 0 atom stereocenters. The molecule has 0 spiro atoms. The van der Waals surface area contributed by atoms with Crippen LogP contribution in [0.5, 0.6) is 0 Å². The van der Waals surface area contributed by atoms with Crippen LogP contribution in [0.1, 0.15) is 19.6 Å². The molecule has 0 bridgehead atoms. The van der Waals surface area contributed by atoms with Crippen molar-refractivity contribution in [3.05, 3.63) is 41.7 Å². The highest BCUT2D eigenvalue weighted by atomic mass is 16.3. The standard InChI is InChI=1S/C13H13NO2/c1-8(9(2)13(14)15)12-7-10-5-3-4-6-11(10)16-12/h3-7H,1-2H3,(H2,14,15). The van der Waals surface area contributed by atoms with Gasteiger partial charge < -0.3 is 10.2 Å². The molecular weight excluding hydrogens is 202 g/mol. The summed E-state index contributed by atoms with van der Waals surface area (Å²) in [5.41, 5.74) is 7.35. The normalized spacial score (nSPS) is 12.6. The van der Waals surface area contributed by atoms with Gasteiger partial charge in [-0.2, -0.15) is 0 Å². The van der Waals surface area contributed by atoms with E-state index < -0.39 is 5.91 Å². The smallest absolute Gasteiger partial charge is 0.244 e. The van der Waals surface area contributed by atoms with E-state index in [0.29, 0.717) is 11.3 Å². The van der Waals surface area contributed by atoms with E-state index in [2.05, 4.69) is 0 Å². The van der Waals surface area contributed by atoms with Crippen molar-refractivity contribution in [3.8, 4) is 0 Å². The maximum atomic E-state index is 11.1. The predicted octanol–water partition coefficient (Wildman–Crippen LogP) is 2.71. The quantitative estimate of drug-likeness (QED) is 0.783. The molecule has 0 unspecified atom stereocenters. The number of nitrogens with two attached hydrogens (primary N) is 1. The number of hydrogen-bond acceptors (Lipinski definition) is 2. The third kappa shape index (κ3) is 1.72. The number of benzene rings is 1. The zero-order chi connectivity index (χ0) is 11.7. The second-order valence-electron chi connectivity index (χ2n) is 3.76. The van der Waals surface area contributed by atoms with Crippen LogP contribution in [-0.2, 0) is 4.79 Å². The molecule has 1 aromatic heterocycles. The molecule has 0 saturated heterocycles. The van der Waals surface area contributed by atoms with Crippen LogP contribution in [0.2, 0.25) is 0 Å². The molecule has 2 rings (SSSR count). The molecule has 2 aromatic rings. The number of hydrogen-bond donors (Lipinski definition) is 1. The highest BCUT2D eigenvalue weighted by molar-refractivity contribution is 5.99. The number of fused-ring (bicyclic) bond motifs is 1. The van der Waals surface area contributed by atoms with Crippen LogP contribution < -0.4 is 5.73 Å². The second-order valence-corrected chi connectivity index (χ2v) is 3.76. The Morgan fingerprint density at radius 2 is 1.94 bits per heavy atom. The minimum absolute atomic E-state index is 0.419. The monoisotopic (exact) mass is 215 g/mol. The third-order valence-corrected chi connectivity index (χ3v) is 2.73. The van der Waals surface area contributed by atoms with Crippen molar-refractivity contribution in [2.75, 3.05) is 0 Å². The van der Waals surface area contributed by atoms with Gasteiger partial charge in [0.1, 0.15) is 11.3 Å². The predicted molar refractivity (Wildman–Crippen MR) is 63.7 cm³/mol. The summed E-state index contributed by atoms with van der Waals surface area (Å²) in [6.45, 7) is 3.53. The lowest BCUT2D eigenvalue weighted by atomic mass is 10.1. The largest absolute Gasteiger partial charge is 0.456 e. The Hall–Kier alpha value is -2.03. The summed E-state index contributed by atoms with van der Waals surface area (Å²) >= 11 is 0. The van der Waals surface area contributed by atoms with Crippen LogP contribution in [0.15, 0.2) is 40.3 Å². The summed E-state index contributed by atoms with van der Waals surface area (Å²) in [6, 6.07) is 9.63. The number of primary amides is 1. The number of furan rings is 1. The Morgan fingerprint density at radius 3 is 2.56 bits per heavy atom. The van der Waals surface area contributed by atoms with Crippen molar-refractivity contribution in [3.63, 3.8) is 0 Å². The molecule has 16 heavy (non-hydrogen) atoms. The third-order valence-electron chi connectivity index (χ3n) is 2.73. The van der Waals surface area contributed by atoms with Gasteiger partial charge in [0.05, 0.1) is 0 Å². The van der Waals surface area contributed by atoms with Crippen molar-refractivity contribution in [2.45, 2.75) is 13.8 Å². The summed E-state index contributed by atoms with van der Waals surface area (Å²) in [7, 11) is 0. The Morgan fingerprint density at radius 1 is 1.25 bits per heavy atom. The first-order chi connectivity index (χ1) is 7.59. The van der Waals surface area contributed by atoms with Crippen molar-refractivity contribution < 1.29 is 9.21 Å². The molecule has 3 heteroatoms. The topological polar surface area (TPSA) is 56.2 Å². The SMILES string of the molecule is CC(C(N)=O)=C(C)c1cc2ccccc2o1. The second kappa shape index (κ2) is 3.85. The van der Waals surface area contributed by atoms with E-state index in [9.17, 15) is 4.79 Å². The Bertz CT molecular complexity index is 545. The van der Waals surface area contributed by atoms with E-state index in [4.69, 9.17) is 10.2 Å². The minimum Gasteiger partial charge on any atom is -0.456 e. The first-order valence-corrected chi connectivity index (χ1v) is 5.06. The van der Waals surface area contributed by atoms with Crippen LogP contribution in [-0.4, -0.2) is 5.91 Å². The van der Waals surface area contributed by atoms with Crippen molar-refractivity contribution in [1.82, 2.24) is 0 Å². The molecule has 0 aliphatic carbocycles. The van der Waals surface area contributed by atoms with Gasteiger partial charge in [-0.15, -0.1) is 0 Å². The Labute approximate surface area is 93.5 Å². The lowest BCUT2D eigenvalue weighted by Crippen LogP contribution is -2.12. The first kappa shape index (κ1) is 10.5. The van der Waals surface area contributed by atoms with Crippen LogP contribution in [0.25, 0.3) is 16.5 Å². The summed E-state index contributed by atoms with van der Waals surface area (Å²) in [5, 5.41) is 1.02. The Balaban J connectivity index is 2.56. The lowest BCUT2D eigenvalue weighted by Gasteiger charge is -1.99. The molecular formula is C13H13NO2.